The second kappa shape index (κ2) is 4.24. The number of ether oxygens (including phenoxy) is 1. The molecule has 3 heteroatoms. The zero-order valence-corrected chi connectivity index (χ0v) is 10.0. The Kier molecular flexibility index (Phi) is 2.95. The van der Waals surface area contributed by atoms with Gasteiger partial charge in [-0.2, -0.15) is 0 Å². The maximum absolute atomic E-state index is 6.00. The molecule has 0 atom stereocenters. The second-order valence-corrected chi connectivity index (χ2v) is 4.57. The fraction of sp³-hybridized carbons (Fsp3) is 0.538. The first-order chi connectivity index (χ1) is 7.69. The normalized spacial score (nSPS) is 17.6. The number of anilines is 2. The van der Waals surface area contributed by atoms with Crippen LogP contribution in [0.3, 0.4) is 0 Å². The minimum Gasteiger partial charge on any atom is -0.497 e. The molecule has 3 nitrogen and oxygen atoms in total. The van der Waals surface area contributed by atoms with Gasteiger partial charge in [-0.1, -0.05) is 6.92 Å². The van der Waals surface area contributed by atoms with Crippen LogP contribution in [-0.2, 0) is 0 Å². The predicted octanol–water partition coefficient (Wildman–Crippen LogP) is 3.02. The Morgan fingerprint density at radius 1 is 1.44 bits per heavy atom. The van der Waals surface area contributed by atoms with Crippen molar-refractivity contribution in [2.45, 2.75) is 38.1 Å². The van der Waals surface area contributed by atoms with Gasteiger partial charge in [0.05, 0.1) is 18.5 Å². The van der Waals surface area contributed by atoms with Gasteiger partial charge in [0, 0.05) is 11.6 Å². The molecule has 0 saturated heterocycles. The molecule has 0 bridgehead atoms. The summed E-state index contributed by atoms with van der Waals surface area (Å²) in [6.07, 6.45) is 4.96. The summed E-state index contributed by atoms with van der Waals surface area (Å²) < 4.78 is 5.14. The van der Waals surface area contributed by atoms with Gasteiger partial charge in [-0.25, -0.2) is 0 Å². The van der Waals surface area contributed by atoms with E-state index in [4.69, 9.17) is 10.5 Å². The summed E-state index contributed by atoms with van der Waals surface area (Å²) in [6.45, 7) is 2.23. The van der Waals surface area contributed by atoms with E-state index in [0.717, 1.165) is 23.5 Å². The summed E-state index contributed by atoms with van der Waals surface area (Å²) in [7, 11) is 1.65. The van der Waals surface area contributed by atoms with Crippen LogP contribution in [0.4, 0.5) is 11.4 Å². The van der Waals surface area contributed by atoms with Gasteiger partial charge in [0.25, 0.3) is 0 Å². The van der Waals surface area contributed by atoms with Crippen molar-refractivity contribution in [3.63, 3.8) is 0 Å². The third-order valence-electron chi connectivity index (χ3n) is 3.65. The van der Waals surface area contributed by atoms with E-state index in [9.17, 15) is 0 Å². The van der Waals surface area contributed by atoms with E-state index in [2.05, 4.69) is 12.2 Å². The van der Waals surface area contributed by atoms with Crippen molar-refractivity contribution in [1.29, 1.82) is 0 Å². The largest absolute Gasteiger partial charge is 0.497 e. The first-order valence-corrected chi connectivity index (χ1v) is 5.91. The Morgan fingerprint density at radius 2 is 2.19 bits per heavy atom. The number of nitrogens with one attached hydrogen (secondary N) is 1. The number of rotatable bonds is 4. The van der Waals surface area contributed by atoms with Crippen molar-refractivity contribution < 1.29 is 4.74 Å². The summed E-state index contributed by atoms with van der Waals surface area (Å²) in [5, 5.41) is 3.58. The maximum Gasteiger partial charge on any atom is 0.121 e. The molecule has 0 unspecified atom stereocenters. The number of benzene rings is 1. The van der Waals surface area contributed by atoms with E-state index in [-0.39, 0.29) is 5.54 Å². The Bertz CT molecular complexity index is 367. The summed E-state index contributed by atoms with van der Waals surface area (Å²) in [5.74, 6) is 0.808. The molecule has 3 N–H and O–H groups in total. The SMILES string of the molecule is CCC1(Nc2ccc(OC)cc2N)CCC1. The van der Waals surface area contributed by atoms with Gasteiger partial charge >= 0.3 is 0 Å². The van der Waals surface area contributed by atoms with Crippen molar-refractivity contribution in [2.75, 3.05) is 18.2 Å². The van der Waals surface area contributed by atoms with Crippen LogP contribution in [0.1, 0.15) is 32.6 Å². The van der Waals surface area contributed by atoms with Gasteiger partial charge in [-0.05, 0) is 37.8 Å². The molecule has 0 radical (unpaired) electrons. The molecule has 1 fully saturated rings. The van der Waals surface area contributed by atoms with Gasteiger partial charge in [-0.3, -0.25) is 0 Å². The molecule has 1 aromatic rings. The number of hydrogen-bond donors (Lipinski definition) is 2. The Balaban J connectivity index is 2.15. The first-order valence-electron chi connectivity index (χ1n) is 5.91. The lowest BCUT2D eigenvalue weighted by Gasteiger charge is -2.43. The van der Waals surface area contributed by atoms with Crippen LogP contribution in [0.15, 0.2) is 18.2 Å². The van der Waals surface area contributed by atoms with E-state index in [1.165, 1.54) is 19.3 Å². The molecule has 0 aliphatic heterocycles. The van der Waals surface area contributed by atoms with Crippen LogP contribution >= 0.6 is 0 Å². The molecular weight excluding hydrogens is 200 g/mol. The molecule has 1 saturated carbocycles. The molecule has 2 rings (SSSR count). The minimum absolute atomic E-state index is 0.280. The smallest absolute Gasteiger partial charge is 0.121 e. The molecule has 0 heterocycles. The van der Waals surface area contributed by atoms with E-state index >= 15 is 0 Å². The Hall–Kier alpha value is -1.38. The molecule has 1 aromatic carbocycles. The third kappa shape index (κ3) is 1.94. The zero-order valence-electron chi connectivity index (χ0n) is 10.0. The average Bonchev–Trinajstić information content (AvgIpc) is 2.25. The molecule has 1 aliphatic rings. The van der Waals surface area contributed by atoms with Crippen molar-refractivity contribution in [2.24, 2.45) is 0 Å². The second-order valence-electron chi connectivity index (χ2n) is 4.57. The van der Waals surface area contributed by atoms with Gasteiger partial charge in [0.2, 0.25) is 0 Å². The number of hydrogen-bond acceptors (Lipinski definition) is 3. The molecule has 0 aromatic heterocycles. The molecule has 88 valence electrons. The van der Waals surface area contributed by atoms with Crippen molar-refractivity contribution >= 4 is 11.4 Å². The van der Waals surface area contributed by atoms with Crippen molar-refractivity contribution in [3.05, 3.63) is 18.2 Å². The number of methoxy groups -OCH3 is 1. The minimum atomic E-state index is 0.280. The predicted molar refractivity (Wildman–Crippen MR) is 67.9 cm³/mol. The quantitative estimate of drug-likeness (QED) is 0.767. The molecule has 0 amide bonds. The third-order valence-corrected chi connectivity index (χ3v) is 3.65. The van der Waals surface area contributed by atoms with Gasteiger partial charge in [-0.15, -0.1) is 0 Å². The number of nitrogen functional groups attached to an aromatic ring is 1. The highest BCUT2D eigenvalue weighted by Gasteiger charge is 2.35. The Morgan fingerprint density at radius 3 is 2.62 bits per heavy atom. The maximum atomic E-state index is 6.00. The van der Waals surface area contributed by atoms with E-state index in [1.807, 2.05) is 18.2 Å². The van der Waals surface area contributed by atoms with Crippen molar-refractivity contribution in [3.8, 4) is 5.75 Å². The Labute approximate surface area is 97.0 Å². The highest BCUT2D eigenvalue weighted by Crippen LogP contribution is 2.39. The molecule has 16 heavy (non-hydrogen) atoms. The van der Waals surface area contributed by atoms with Crippen LogP contribution in [0.25, 0.3) is 0 Å². The molecular formula is C13H20N2O. The van der Waals surface area contributed by atoms with Crippen LogP contribution < -0.4 is 15.8 Å². The summed E-state index contributed by atoms with van der Waals surface area (Å²) in [5.41, 5.74) is 8.07. The van der Waals surface area contributed by atoms with E-state index < -0.39 is 0 Å². The average molecular weight is 220 g/mol. The summed E-state index contributed by atoms with van der Waals surface area (Å²) in [4.78, 5) is 0. The fourth-order valence-corrected chi connectivity index (χ4v) is 2.24. The summed E-state index contributed by atoms with van der Waals surface area (Å²) in [6, 6.07) is 5.81. The van der Waals surface area contributed by atoms with E-state index in [0.29, 0.717) is 0 Å². The fourth-order valence-electron chi connectivity index (χ4n) is 2.24. The zero-order chi connectivity index (χ0) is 11.6. The molecule has 1 aliphatic carbocycles. The van der Waals surface area contributed by atoms with Crippen molar-refractivity contribution in [1.82, 2.24) is 0 Å². The lowest BCUT2D eigenvalue weighted by atomic mass is 9.74. The van der Waals surface area contributed by atoms with Crippen LogP contribution in [0.5, 0.6) is 5.75 Å². The lowest BCUT2D eigenvalue weighted by molar-refractivity contribution is 0.269. The highest BCUT2D eigenvalue weighted by molar-refractivity contribution is 5.69. The first kappa shape index (κ1) is 11.1. The van der Waals surface area contributed by atoms with Crippen LogP contribution in [-0.4, -0.2) is 12.6 Å². The standard InChI is InChI=1S/C13H20N2O/c1-3-13(7-4-8-13)15-12-6-5-10(16-2)9-11(12)14/h5-6,9,15H,3-4,7-8,14H2,1-2H3. The summed E-state index contributed by atoms with van der Waals surface area (Å²) >= 11 is 0. The van der Waals surface area contributed by atoms with Crippen LogP contribution in [0.2, 0.25) is 0 Å². The lowest BCUT2D eigenvalue weighted by Crippen LogP contribution is -2.44. The van der Waals surface area contributed by atoms with Gasteiger partial charge < -0.3 is 15.8 Å². The van der Waals surface area contributed by atoms with Crippen LogP contribution in [0, 0.1) is 0 Å². The topological polar surface area (TPSA) is 47.3 Å². The highest BCUT2D eigenvalue weighted by atomic mass is 16.5. The number of nitrogens with two attached hydrogens (primary N) is 1. The monoisotopic (exact) mass is 220 g/mol. The van der Waals surface area contributed by atoms with E-state index in [1.54, 1.807) is 7.11 Å². The van der Waals surface area contributed by atoms with Gasteiger partial charge in [0.15, 0.2) is 0 Å². The molecule has 0 spiro atoms. The van der Waals surface area contributed by atoms with Gasteiger partial charge in [0.1, 0.15) is 5.75 Å².